The minimum atomic E-state index is -0.383. The largest absolute Gasteiger partial charge is 0.330 e. The number of likely N-dealkylation sites (tertiary alicyclic amines) is 1. The summed E-state index contributed by atoms with van der Waals surface area (Å²) < 4.78 is 26.3. The number of hydrogen-bond donors (Lipinski definition) is 1. The van der Waals surface area contributed by atoms with Crippen LogP contribution in [-0.2, 0) is 6.54 Å². The summed E-state index contributed by atoms with van der Waals surface area (Å²) in [7, 11) is 0. The second kappa shape index (κ2) is 6.28. The molecule has 96 valence electrons. The SMILES string of the molecule is Cl.NCC1CCN(Cc2cc(F)ccc2F)C1. The van der Waals surface area contributed by atoms with Crippen molar-refractivity contribution in [2.75, 3.05) is 19.6 Å². The molecule has 0 aliphatic carbocycles. The number of nitrogens with zero attached hydrogens (tertiary/aromatic N) is 1. The maximum Gasteiger partial charge on any atom is 0.127 e. The Morgan fingerprint density at radius 3 is 2.76 bits per heavy atom. The molecule has 1 aromatic carbocycles. The predicted molar refractivity (Wildman–Crippen MR) is 66.0 cm³/mol. The lowest BCUT2D eigenvalue weighted by Crippen LogP contribution is -2.23. The fraction of sp³-hybridized carbons (Fsp3) is 0.500. The Hall–Kier alpha value is -0.710. The fourth-order valence-corrected chi connectivity index (χ4v) is 2.15. The first-order chi connectivity index (χ1) is 7.69. The van der Waals surface area contributed by atoms with Crippen molar-refractivity contribution in [3.05, 3.63) is 35.4 Å². The number of halogens is 3. The van der Waals surface area contributed by atoms with Gasteiger partial charge in [0.1, 0.15) is 11.6 Å². The molecule has 1 saturated heterocycles. The Morgan fingerprint density at radius 1 is 1.35 bits per heavy atom. The molecule has 1 heterocycles. The smallest absolute Gasteiger partial charge is 0.127 e. The molecule has 17 heavy (non-hydrogen) atoms. The van der Waals surface area contributed by atoms with Gasteiger partial charge >= 0.3 is 0 Å². The normalized spacial score (nSPS) is 20.3. The lowest BCUT2D eigenvalue weighted by molar-refractivity contribution is 0.312. The molecule has 1 aromatic rings. The van der Waals surface area contributed by atoms with E-state index in [1.807, 2.05) is 0 Å². The van der Waals surface area contributed by atoms with E-state index < -0.39 is 0 Å². The highest BCUT2D eigenvalue weighted by Crippen LogP contribution is 2.19. The molecule has 0 saturated carbocycles. The van der Waals surface area contributed by atoms with Crippen LogP contribution in [0.2, 0.25) is 0 Å². The average Bonchev–Trinajstić information content (AvgIpc) is 2.71. The molecule has 0 aromatic heterocycles. The van der Waals surface area contributed by atoms with Crippen LogP contribution in [0.15, 0.2) is 18.2 Å². The summed E-state index contributed by atoms with van der Waals surface area (Å²) in [6.45, 7) is 2.94. The maximum atomic E-state index is 13.4. The molecule has 1 fully saturated rings. The summed E-state index contributed by atoms with van der Waals surface area (Å²) >= 11 is 0. The zero-order valence-corrected chi connectivity index (χ0v) is 10.4. The molecular weight excluding hydrogens is 246 g/mol. The van der Waals surface area contributed by atoms with E-state index in [4.69, 9.17) is 5.73 Å². The van der Waals surface area contributed by atoms with Crippen molar-refractivity contribution < 1.29 is 8.78 Å². The summed E-state index contributed by atoms with van der Waals surface area (Å²) in [4.78, 5) is 2.12. The first-order valence-corrected chi connectivity index (χ1v) is 5.55. The second-order valence-corrected chi connectivity index (χ2v) is 4.36. The van der Waals surface area contributed by atoms with Crippen molar-refractivity contribution >= 4 is 12.4 Å². The highest BCUT2D eigenvalue weighted by Gasteiger charge is 2.21. The fourth-order valence-electron chi connectivity index (χ4n) is 2.15. The molecule has 2 nitrogen and oxygen atoms in total. The molecular formula is C12H17ClF2N2. The number of benzene rings is 1. The van der Waals surface area contributed by atoms with Crippen LogP contribution in [-0.4, -0.2) is 24.5 Å². The van der Waals surface area contributed by atoms with E-state index in [0.717, 1.165) is 25.6 Å². The molecule has 1 atom stereocenters. The Morgan fingerprint density at radius 2 is 2.12 bits per heavy atom. The monoisotopic (exact) mass is 262 g/mol. The van der Waals surface area contributed by atoms with Gasteiger partial charge in [0.15, 0.2) is 0 Å². The second-order valence-electron chi connectivity index (χ2n) is 4.36. The van der Waals surface area contributed by atoms with Gasteiger partial charge in [-0.25, -0.2) is 8.78 Å². The molecule has 5 heteroatoms. The van der Waals surface area contributed by atoms with Crippen molar-refractivity contribution in [3.63, 3.8) is 0 Å². The van der Waals surface area contributed by atoms with Crippen LogP contribution in [0.4, 0.5) is 8.78 Å². The van der Waals surface area contributed by atoms with Crippen molar-refractivity contribution in [1.82, 2.24) is 4.90 Å². The van der Waals surface area contributed by atoms with Gasteiger partial charge in [0.25, 0.3) is 0 Å². The minimum Gasteiger partial charge on any atom is -0.330 e. The Bertz CT molecular complexity index is 374. The van der Waals surface area contributed by atoms with Gasteiger partial charge in [0.05, 0.1) is 0 Å². The van der Waals surface area contributed by atoms with Crippen molar-refractivity contribution in [2.45, 2.75) is 13.0 Å². The van der Waals surface area contributed by atoms with E-state index >= 15 is 0 Å². The predicted octanol–water partition coefficient (Wildman–Crippen LogP) is 2.17. The van der Waals surface area contributed by atoms with Crippen LogP contribution in [0.5, 0.6) is 0 Å². The van der Waals surface area contributed by atoms with Gasteiger partial charge < -0.3 is 5.73 Å². The molecule has 2 N–H and O–H groups in total. The van der Waals surface area contributed by atoms with Gasteiger partial charge in [-0.15, -0.1) is 12.4 Å². The van der Waals surface area contributed by atoms with Crippen molar-refractivity contribution in [3.8, 4) is 0 Å². The van der Waals surface area contributed by atoms with Crippen LogP contribution in [0, 0.1) is 17.6 Å². The van der Waals surface area contributed by atoms with Crippen LogP contribution in [0.3, 0.4) is 0 Å². The van der Waals surface area contributed by atoms with Crippen LogP contribution >= 0.6 is 12.4 Å². The third-order valence-corrected chi connectivity index (χ3v) is 3.11. The minimum absolute atomic E-state index is 0. The zero-order valence-electron chi connectivity index (χ0n) is 9.53. The summed E-state index contributed by atoms with van der Waals surface area (Å²) in [5, 5.41) is 0. The van der Waals surface area contributed by atoms with Crippen LogP contribution in [0.1, 0.15) is 12.0 Å². The highest BCUT2D eigenvalue weighted by atomic mass is 35.5. The molecule has 1 aliphatic heterocycles. The van der Waals surface area contributed by atoms with E-state index in [-0.39, 0.29) is 24.0 Å². The lowest BCUT2D eigenvalue weighted by atomic mass is 10.1. The quantitative estimate of drug-likeness (QED) is 0.905. The first kappa shape index (κ1) is 14.4. The summed E-state index contributed by atoms with van der Waals surface area (Å²) in [5.74, 6) is -0.222. The van der Waals surface area contributed by atoms with Crippen LogP contribution < -0.4 is 5.73 Å². The third-order valence-electron chi connectivity index (χ3n) is 3.11. The third kappa shape index (κ3) is 3.63. The van der Waals surface area contributed by atoms with E-state index in [1.165, 1.54) is 12.1 Å². The lowest BCUT2D eigenvalue weighted by Gasteiger charge is -2.16. The summed E-state index contributed by atoms with van der Waals surface area (Å²) in [6.07, 6.45) is 1.05. The molecule has 0 spiro atoms. The standard InChI is InChI=1S/C12H16F2N2.ClH/c13-11-1-2-12(14)10(5-11)8-16-4-3-9(6-15)7-16;/h1-2,5,9H,3-4,6-8,15H2;1H. The number of rotatable bonds is 3. The van der Waals surface area contributed by atoms with E-state index in [9.17, 15) is 8.78 Å². The molecule has 1 unspecified atom stereocenters. The van der Waals surface area contributed by atoms with Crippen LogP contribution in [0.25, 0.3) is 0 Å². The maximum absolute atomic E-state index is 13.4. The first-order valence-electron chi connectivity index (χ1n) is 5.55. The van der Waals surface area contributed by atoms with Gasteiger partial charge in [-0.2, -0.15) is 0 Å². The molecule has 0 amide bonds. The Kier molecular flexibility index (Phi) is 5.31. The molecule has 1 aliphatic rings. The van der Waals surface area contributed by atoms with Crippen molar-refractivity contribution in [2.24, 2.45) is 11.7 Å². The zero-order chi connectivity index (χ0) is 11.5. The average molecular weight is 263 g/mol. The van der Waals surface area contributed by atoms with Gasteiger partial charge in [0.2, 0.25) is 0 Å². The Balaban J connectivity index is 0.00000144. The van der Waals surface area contributed by atoms with Gasteiger partial charge in [-0.05, 0) is 43.6 Å². The van der Waals surface area contributed by atoms with Gasteiger partial charge in [-0.3, -0.25) is 4.90 Å². The Labute approximate surface area is 106 Å². The highest BCUT2D eigenvalue weighted by molar-refractivity contribution is 5.85. The van der Waals surface area contributed by atoms with E-state index in [0.29, 0.717) is 24.6 Å². The topological polar surface area (TPSA) is 29.3 Å². The number of nitrogens with two attached hydrogens (primary N) is 1. The number of hydrogen-bond acceptors (Lipinski definition) is 2. The molecule has 0 bridgehead atoms. The van der Waals surface area contributed by atoms with E-state index in [1.54, 1.807) is 0 Å². The van der Waals surface area contributed by atoms with Gasteiger partial charge in [-0.1, -0.05) is 0 Å². The van der Waals surface area contributed by atoms with Gasteiger partial charge in [0, 0.05) is 18.7 Å². The summed E-state index contributed by atoms with van der Waals surface area (Å²) in [5.41, 5.74) is 6.01. The van der Waals surface area contributed by atoms with E-state index in [2.05, 4.69) is 4.90 Å². The summed E-state index contributed by atoms with van der Waals surface area (Å²) in [6, 6.07) is 3.60. The van der Waals surface area contributed by atoms with Crippen molar-refractivity contribution in [1.29, 1.82) is 0 Å². The molecule has 0 radical (unpaired) electrons. The molecule has 2 rings (SSSR count).